The summed E-state index contributed by atoms with van der Waals surface area (Å²) in [6.45, 7) is 1.91. The summed E-state index contributed by atoms with van der Waals surface area (Å²) in [6, 6.07) is 20.5. The molecule has 0 bridgehead atoms. The Hall–Kier alpha value is -4.06. The molecule has 0 fully saturated rings. The molecular formula is C28H21ClFN3O5S2. The molecule has 204 valence electrons. The van der Waals surface area contributed by atoms with Crippen LogP contribution < -0.4 is 10.2 Å². The van der Waals surface area contributed by atoms with Crippen LogP contribution in [0.15, 0.2) is 88.7 Å². The van der Waals surface area contributed by atoms with Crippen molar-refractivity contribution >= 4 is 54.4 Å². The van der Waals surface area contributed by atoms with Gasteiger partial charge < -0.3 is 9.30 Å². The lowest BCUT2D eigenvalue weighted by Gasteiger charge is -2.14. The van der Waals surface area contributed by atoms with Crippen LogP contribution >= 0.6 is 22.9 Å². The quantitative estimate of drug-likeness (QED) is 0.222. The fourth-order valence-electron chi connectivity index (χ4n) is 4.17. The fraction of sp³-hybridized carbons (Fsp3) is 0.107. The molecule has 0 amide bonds. The van der Waals surface area contributed by atoms with Crippen LogP contribution in [0.25, 0.3) is 21.5 Å². The first-order chi connectivity index (χ1) is 19.2. The third-order valence-corrected chi connectivity index (χ3v) is 8.70. The van der Waals surface area contributed by atoms with Crippen LogP contribution in [0.4, 0.5) is 9.52 Å². The van der Waals surface area contributed by atoms with E-state index >= 15 is 0 Å². The van der Waals surface area contributed by atoms with Crippen molar-refractivity contribution in [2.45, 2.75) is 18.4 Å². The molecule has 0 aliphatic carbocycles. The molecule has 0 aliphatic heterocycles. The third kappa shape index (κ3) is 5.48. The van der Waals surface area contributed by atoms with E-state index in [0.717, 1.165) is 40.2 Å². The number of halogens is 2. The van der Waals surface area contributed by atoms with Gasteiger partial charge >= 0.3 is 5.97 Å². The van der Waals surface area contributed by atoms with Gasteiger partial charge in [-0.15, -0.1) is 0 Å². The molecule has 2 heterocycles. The summed E-state index contributed by atoms with van der Waals surface area (Å²) in [7, 11) is -4.41. The van der Waals surface area contributed by atoms with Crippen molar-refractivity contribution in [1.29, 1.82) is 0 Å². The molecule has 0 radical (unpaired) electrons. The van der Waals surface area contributed by atoms with Crippen molar-refractivity contribution in [2.75, 3.05) is 11.3 Å². The number of nitrogens with one attached hydrogen (secondary N) is 1. The van der Waals surface area contributed by atoms with Crippen LogP contribution in [0.5, 0.6) is 0 Å². The van der Waals surface area contributed by atoms with Gasteiger partial charge in [-0.1, -0.05) is 77.5 Å². The molecule has 1 N–H and O–H groups in total. The third-order valence-electron chi connectivity index (χ3n) is 5.96. The van der Waals surface area contributed by atoms with E-state index in [1.807, 2.05) is 54.6 Å². The Labute approximate surface area is 237 Å². The van der Waals surface area contributed by atoms with Crippen LogP contribution in [-0.2, 0) is 21.3 Å². The number of benzene rings is 3. The lowest BCUT2D eigenvalue weighted by Crippen LogP contribution is -2.21. The number of nitrogens with zero attached hydrogens (tertiary/aromatic N) is 2. The van der Waals surface area contributed by atoms with Gasteiger partial charge in [0.15, 0.2) is 5.13 Å². The molecule has 3 aromatic carbocycles. The fourth-order valence-corrected chi connectivity index (χ4v) is 6.57. The molecule has 0 saturated carbocycles. The first-order valence-corrected chi connectivity index (χ1v) is 14.7. The molecule has 0 spiro atoms. The van der Waals surface area contributed by atoms with E-state index in [0.29, 0.717) is 4.83 Å². The second-order valence-corrected chi connectivity index (χ2v) is 11.7. The Kier molecular flexibility index (Phi) is 7.70. The lowest BCUT2D eigenvalue weighted by molar-refractivity contribution is 0.0524. The molecule has 0 atom stereocenters. The number of carbonyl (C=O) groups excluding carboxylic acids is 1. The number of ether oxygens (including phenoxy) is 1. The highest BCUT2D eigenvalue weighted by atomic mass is 35.5. The number of hydrogen-bond acceptors (Lipinski definition) is 7. The topological polar surface area (TPSA) is 107 Å². The van der Waals surface area contributed by atoms with Gasteiger partial charge in [-0.25, -0.2) is 22.6 Å². The van der Waals surface area contributed by atoms with E-state index in [4.69, 9.17) is 16.3 Å². The second-order valence-electron chi connectivity index (χ2n) is 8.60. The monoisotopic (exact) mass is 597 g/mol. The van der Waals surface area contributed by atoms with E-state index in [-0.39, 0.29) is 34.4 Å². The summed E-state index contributed by atoms with van der Waals surface area (Å²) in [5, 5.41) is -0.136. The van der Waals surface area contributed by atoms with Crippen LogP contribution in [0.2, 0.25) is 5.02 Å². The molecule has 12 heteroatoms. The molecular weight excluding hydrogens is 577 g/mol. The van der Waals surface area contributed by atoms with E-state index in [9.17, 15) is 22.4 Å². The van der Waals surface area contributed by atoms with Crippen molar-refractivity contribution in [2.24, 2.45) is 0 Å². The summed E-state index contributed by atoms with van der Waals surface area (Å²) >= 11 is 6.64. The average Bonchev–Trinajstić information content (AvgIpc) is 3.34. The van der Waals surface area contributed by atoms with E-state index < -0.39 is 32.1 Å². The summed E-state index contributed by atoms with van der Waals surface area (Å²) in [5.74, 6) is -1.86. The summed E-state index contributed by atoms with van der Waals surface area (Å²) in [4.78, 5) is 29.8. The first kappa shape index (κ1) is 27.5. The number of carbonyl (C=O) groups is 1. The van der Waals surface area contributed by atoms with Crippen LogP contribution in [0.3, 0.4) is 0 Å². The van der Waals surface area contributed by atoms with Gasteiger partial charge in [0.25, 0.3) is 10.0 Å². The molecule has 0 saturated heterocycles. The summed E-state index contributed by atoms with van der Waals surface area (Å²) < 4.78 is 49.3. The Bertz CT molecular complexity index is 1910. The van der Waals surface area contributed by atoms with Gasteiger partial charge in [-0.05, 0) is 41.8 Å². The predicted octanol–water partition coefficient (Wildman–Crippen LogP) is 5.94. The maximum atomic E-state index is 14.4. The van der Waals surface area contributed by atoms with Crippen molar-refractivity contribution in [3.05, 3.63) is 111 Å². The maximum absolute atomic E-state index is 14.4. The predicted molar refractivity (Wildman–Crippen MR) is 153 cm³/mol. The Morgan fingerprint density at radius 1 is 1.10 bits per heavy atom. The zero-order chi connectivity index (χ0) is 28.4. The van der Waals surface area contributed by atoms with Gasteiger partial charge in [-0.2, -0.15) is 0 Å². The molecule has 2 aromatic heterocycles. The zero-order valence-corrected chi connectivity index (χ0v) is 23.3. The molecule has 40 heavy (non-hydrogen) atoms. The van der Waals surface area contributed by atoms with Gasteiger partial charge in [0.2, 0.25) is 5.43 Å². The molecule has 5 aromatic rings. The van der Waals surface area contributed by atoms with Crippen molar-refractivity contribution in [3.63, 3.8) is 0 Å². The number of hydrogen-bond donors (Lipinski definition) is 1. The van der Waals surface area contributed by atoms with Crippen LogP contribution in [-0.4, -0.2) is 30.5 Å². The molecule has 5 rings (SSSR count). The van der Waals surface area contributed by atoms with E-state index in [2.05, 4.69) is 9.71 Å². The smallest absolute Gasteiger partial charge is 0.343 e. The highest BCUT2D eigenvalue weighted by molar-refractivity contribution is 7.93. The lowest BCUT2D eigenvalue weighted by atomic mass is 9.99. The summed E-state index contributed by atoms with van der Waals surface area (Å²) in [6.07, 6.45) is 1.39. The first-order valence-electron chi connectivity index (χ1n) is 12.0. The Balaban J connectivity index is 1.63. The van der Waals surface area contributed by atoms with Crippen LogP contribution in [0.1, 0.15) is 22.8 Å². The average molecular weight is 598 g/mol. The second kappa shape index (κ2) is 11.2. The minimum absolute atomic E-state index is 0.0377. The highest BCUT2D eigenvalue weighted by Gasteiger charge is 2.24. The normalized spacial score (nSPS) is 11.5. The summed E-state index contributed by atoms with van der Waals surface area (Å²) in [5.41, 5.74) is 1.73. The van der Waals surface area contributed by atoms with Gasteiger partial charge in [-0.3, -0.25) is 9.52 Å². The molecule has 8 nitrogen and oxygen atoms in total. The van der Waals surface area contributed by atoms with Crippen molar-refractivity contribution < 1.29 is 22.3 Å². The number of esters is 1. The van der Waals surface area contributed by atoms with E-state index in [1.54, 1.807) is 11.5 Å². The minimum atomic E-state index is -4.41. The van der Waals surface area contributed by atoms with Crippen molar-refractivity contribution in [1.82, 2.24) is 9.55 Å². The maximum Gasteiger partial charge on any atom is 0.343 e. The highest BCUT2D eigenvalue weighted by Crippen LogP contribution is 2.30. The number of anilines is 1. The minimum Gasteiger partial charge on any atom is -0.462 e. The Morgan fingerprint density at radius 3 is 2.55 bits per heavy atom. The van der Waals surface area contributed by atoms with E-state index in [1.165, 1.54) is 12.3 Å². The van der Waals surface area contributed by atoms with Crippen LogP contribution in [0, 0.1) is 5.82 Å². The van der Waals surface area contributed by atoms with Gasteiger partial charge in [0, 0.05) is 17.8 Å². The number of thiazole rings is 1. The largest absolute Gasteiger partial charge is 0.462 e. The number of fused-ring (bicyclic) bond motifs is 1. The Morgan fingerprint density at radius 2 is 1.82 bits per heavy atom. The van der Waals surface area contributed by atoms with Crippen molar-refractivity contribution in [3.8, 4) is 11.1 Å². The zero-order valence-electron chi connectivity index (χ0n) is 20.9. The van der Waals surface area contributed by atoms with Gasteiger partial charge in [0.1, 0.15) is 26.6 Å². The number of rotatable bonds is 8. The standard InChI is InChI=1S/C28H21ClFN3O5S2/c1-2-38-27(35)21-16-33(15-18-10-6-7-11-20(18)17-8-4-3-5-9-17)26-24(25(21)34)31-28(39-26)32-40(36,37)23-13-12-19(29)14-22(23)30/h3-14,16H,2,15H2,1H3,(H,31,32). The number of sulfonamides is 1. The number of pyridine rings is 1. The SMILES string of the molecule is CCOC(=O)c1cn(Cc2ccccc2-c2ccccc2)c2sc(NS(=O)(=O)c3ccc(Cl)cc3F)nc2c1=O. The molecule has 0 unspecified atom stereocenters. The van der Waals surface area contributed by atoms with Gasteiger partial charge in [0.05, 0.1) is 6.61 Å². The molecule has 0 aliphatic rings. The number of aromatic nitrogens is 2.